The van der Waals surface area contributed by atoms with Crippen LogP contribution in [0.25, 0.3) is 44.3 Å². The fourth-order valence-electron chi connectivity index (χ4n) is 5.71. The van der Waals surface area contributed by atoms with Gasteiger partial charge in [0, 0.05) is 29.1 Å². The van der Waals surface area contributed by atoms with Gasteiger partial charge in [0.1, 0.15) is 24.3 Å². The normalized spacial score (nSPS) is 14.4. The fourth-order valence-corrected chi connectivity index (χ4v) is 5.71. The summed E-state index contributed by atoms with van der Waals surface area (Å²) >= 11 is 0. The van der Waals surface area contributed by atoms with Crippen molar-refractivity contribution in [2.24, 2.45) is 7.05 Å². The number of benzene rings is 2. The van der Waals surface area contributed by atoms with E-state index in [0.29, 0.717) is 11.6 Å². The number of aromatic nitrogens is 2. The summed E-state index contributed by atoms with van der Waals surface area (Å²) in [4.78, 5) is 4.55. The lowest BCUT2D eigenvalue weighted by molar-refractivity contribution is -0.660. The molecule has 1 fully saturated rings. The summed E-state index contributed by atoms with van der Waals surface area (Å²) in [6.07, 6.45) is 10.3. The van der Waals surface area contributed by atoms with Gasteiger partial charge in [-0.15, -0.1) is 0 Å². The van der Waals surface area contributed by atoms with E-state index in [9.17, 15) is 5.26 Å². The maximum atomic E-state index is 9.93. The van der Waals surface area contributed by atoms with Gasteiger partial charge in [-0.3, -0.25) is 0 Å². The molecule has 35 heavy (non-hydrogen) atoms. The molecule has 3 aromatic heterocycles. The number of furan rings is 1. The van der Waals surface area contributed by atoms with E-state index in [0.717, 1.165) is 49.9 Å². The molecule has 2 aromatic carbocycles. The number of rotatable bonds is 3. The zero-order valence-electron chi connectivity index (χ0n) is 20.2. The lowest BCUT2D eigenvalue weighted by atomic mass is 9.83. The Morgan fingerprint density at radius 3 is 2.43 bits per heavy atom. The third kappa shape index (κ3) is 3.59. The van der Waals surface area contributed by atoms with Crippen molar-refractivity contribution in [3.63, 3.8) is 0 Å². The van der Waals surface area contributed by atoms with Crippen molar-refractivity contribution in [3.05, 3.63) is 83.8 Å². The molecule has 0 unspecified atom stereocenters. The van der Waals surface area contributed by atoms with Gasteiger partial charge in [0.05, 0.1) is 11.1 Å². The summed E-state index contributed by atoms with van der Waals surface area (Å²) in [5, 5.41) is 11.9. The quantitative estimate of drug-likeness (QED) is 0.265. The topological polar surface area (TPSA) is 53.7 Å². The minimum atomic E-state index is 0.394. The summed E-state index contributed by atoms with van der Waals surface area (Å²) in [6, 6.07) is 21.5. The van der Waals surface area contributed by atoms with Crippen LogP contribution in [0, 0.1) is 18.3 Å². The minimum Gasteiger partial charge on any atom is -0.454 e. The summed E-state index contributed by atoms with van der Waals surface area (Å²) in [6.45, 7) is 2.11. The van der Waals surface area contributed by atoms with E-state index in [4.69, 9.17) is 4.42 Å². The average Bonchev–Trinajstić information content (AvgIpc) is 3.28. The molecule has 0 amide bonds. The van der Waals surface area contributed by atoms with Crippen molar-refractivity contribution in [2.75, 3.05) is 0 Å². The Labute approximate surface area is 205 Å². The second-order valence-corrected chi connectivity index (χ2v) is 9.73. The van der Waals surface area contributed by atoms with Crippen molar-refractivity contribution in [2.45, 2.75) is 44.9 Å². The second-order valence-electron chi connectivity index (χ2n) is 9.73. The van der Waals surface area contributed by atoms with E-state index >= 15 is 0 Å². The van der Waals surface area contributed by atoms with Gasteiger partial charge in [0.25, 0.3) is 0 Å². The zero-order chi connectivity index (χ0) is 23.9. The van der Waals surface area contributed by atoms with Gasteiger partial charge in [-0.2, -0.15) is 5.26 Å². The number of nitriles is 1. The largest absolute Gasteiger partial charge is 0.454 e. The molecule has 0 aliphatic heterocycles. The molecule has 1 saturated carbocycles. The second kappa shape index (κ2) is 8.67. The molecule has 1 aliphatic rings. The van der Waals surface area contributed by atoms with E-state index in [1.165, 1.54) is 37.7 Å². The highest BCUT2D eigenvalue weighted by Gasteiger charge is 2.24. The van der Waals surface area contributed by atoms with Crippen LogP contribution in [0.1, 0.15) is 54.8 Å². The van der Waals surface area contributed by atoms with Gasteiger partial charge in [-0.05, 0) is 48.4 Å². The molecule has 0 saturated heterocycles. The monoisotopic (exact) mass is 458 g/mol. The van der Waals surface area contributed by atoms with E-state index in [1.807, 2.05) is 25.4 Å². The summed E-state index contributed by atoms with van der Waals surface area (Å²) in [5.41, 5.74) is 8.39. The first kappa shape index (κ1) is 21.6. The van der Waals surface area contributed by atoms with Crippen LogP contribution in [0.3, 0.4) is 0 Å². The number of nitrogens with zero attached hydrogens (tertiary/aromatic N) is 3. The molecular weight excluding hydrogens is 430 g/mol. The van der Waals surface area contributed by atoms with E-state index in [1.54, 1.807) is 6.20 Å². The highest BCUT2D eigenvalue weighted by Crippen LogP contribution is 2.41. The predicted molar refractivity (Wildman–Crippen MR) is 139 cm³/mol. The number of hydrogen-bond acceptors (Lipinski definition) is 3. The lowest BCUT2D eigenvalue weighted by Crippen LogP contribution is -2.30. The van der Waals surface area contributed by atoms with Crippen LogP contribution in [0.4, 0.5) is 0 Å². The SMILES string of the molecule is Cc1ccc2c(oc3c(-c4ccc(C5CCCCC5)cc4)c(C#N)ncc32)c1-c1cccc[n+]1C. The average molecular weight is 459 g/mol. The molecule has 4 heteroatoms. The molecule has 6 rings (SSSR count). The molecule has 172 valence electrons. The van der Waals surface area contributed by atoms with E-state index in [-0.39, 0.29) is 0 Å². The molecule has 4 nitrogen and oxygen atoms in total. The number of aryl methyl sites for hydroxylation is 2. The van der Waals surface area contributed by atoms with Crippen molar-refractivity contribution >= 4 is 21.9 Å². The Bertz CT molecular complexity index is 1600. The smallest absolute Gasteiger partial charge is 0.216 e. The first-order valence-corrected chi connectivity index (χ1v) is 12.5. The Balaban J connectivity index is 1.57. The van der Waals surface area contributed by atoms with Crippen LogP contribution < -0.4 is 4.57 Å². The molecule has 5 aromatic rings. The van der Waals surface area contributed by atoms with Crippen molar-refractivity contribution < 1.29 is 8.98 Å². The van der Waals surface area contributed by atoms with Crippen LogP contribution in [-0.4, -0.2) is 4.98 Å². The van der Waals surface area contributed by atoms with Crippen LogP contribution in [-0.2, 0) is 7.05 Å². The number of pyridine rings is 2. The zero-order valence-corrected chi connectivity index (χ0v) is 20.2. The van der Waals surface area contributed by atoms with Gasteiger partial charge in [-0.25, -0.2) is 9.55 Å². The van der Waals surface area contributed by atoms with Crippen LogP contribution >= 0.6 is 0 Å². The molecule has 0 spiro atoms. The molecular formula is C31H28N3O+. The van der Waals surface area contributed by atoms with Gasteiger partial charge >= 0.3 is 0 Å². The highest BCUT2D eigenvalue weighted by atomic mass is 16.3. The highest BCUT2D eigenvalue weighted by molar-refractivity contribution is 6.13. The minimum absolute atomic E-state index is 0.394. The van der Waals surface area contributed by atoms with Gasteiger partial charge in [-0.1, -0.05) is 55.7 Å². The van der Waals surface area contributed by atoms with Gasteiger partial charge in [0.2, 0.25) is 5.69 Å². The van der Waals surface area contributed by atoms with Crippen LogP contribution in [0.2, 0.25) is 0 Å². The fraction of sp³-hybridized carbons (Fsp3) is 0.258. The van der Waals surface area contributed by atoms with Crippen molar-refractivity contribution in [3.8, 4) is 28.5 Å². The van der Waals surface area contributed by atoms with Gasteiger partial charge < -0.3 is 4.42 Å². The standard InChI is InChI=1S/C31H28N3O/c1-20-11-16-24-25-19-33-26(18-32)29(23-14-12-22(13-15-23)21-8-4-3-5-9-21)31(25)35-30(24)28(20)27-10-6-7-17-34(27)2/h6-7,10-17,19,21H,3-5,8-9H2,1-2H3/q+1. The molecule has 0 bridgehead atoms. The third-order valence-electron chi connectivity index (χ3n) is 7.58. The number of fused-ring (bicyclic) bond motifs is 3. The molecule has 0 N–H and O–H groups in total. The summed E-state index contributed by atoms with van der Waals surface area (Å²) < 4.78 is 8.75. The molecule has 0 radical (unpaired) electrons. The van der Waals surface area contributed by atoms with Crippen molar-refractivity contribution in [1.82, 2.24) is 4.98 Å². The maximum Gasteiger partial charge on any atom is 0.216 e. The molecule has 1 aliphatic carbocycles. The Morgan fingerprint density at radius 2 is 1.69 bits per heavy atom. The maximum absolute atomic E-state index is 9.93. The molecule has 3 heterocycles. The van der Waals surface area contributed by atoms with E-state index in [2.05, 4.69) is 65.0 Å². The summed E-state index contributed by atoms with van der Waals surface area (Å²) in [7, 11) is 2.05. The Morgan fingerprint density at radius 1 is 0.914 bits per heavy atom. The lowest BCUT2D eigenvalue weighted by Gasteiger charge is -2.22. The first-order valence-electron chi connectivity index (χ1n) is 12.5. The van der Waals surface area contributed by atoms with Crippen molar-refractivity contribution in [1.29, 1.82) is 5.26 Å². The predicted octanol–water partition coefficient (Wildman–Crippen LogP) is 7.37. The third-order valence-corrected chi connectivity index (χ3v) is 7.58. The van der Waals surface area contributed by atoms with Crippen LogP contribution in [0.5, 0.6) is 0 Å². The summed E-state index contributed by atoms with van der Waals surface area (Å²) in [5.74, 6) is 0.644. The Hall–Kier alpha value is -3.97. The first-order chi connectivity index (χ1) is 17.2. The van der Waals surface area contributed by atoms with Crippen LogP contribution in [0.15, 0.2) is 71.4 Å². The molecule has 0 atom stereocenters. The van der Waals surface area contributed by atoms with Gasteiger partial charge in [0.15, 0.2) is 11.9 Å². The number of hydrogen-bond donors (Lipinski definition) is 0. The van der Waals surface area contributed by atoms with E-state index < -0.39 is 0 Å². The Kier molecular flexibility index (Phi) is 5.34.